The number of hydrogen-bond donors (Lipinski definition) is 1. The molecule has 1 N–H and O–H groups in total. The molecule has 6 heteroatoms. The first kappa shape index (κ1) is 20.9. The van der Waals surface area contributed by atoms with Crippen LogP contribution in [-0.2, 0) is 4.74 Å². The maximum absolute atomic E-state index is 12.6. The molecule has 35 heavy (non-hydrogen) atoms. The summed E-state index contributed by atoms with van der Waals surface area (Å²) in [4.78, 5) is 25.8. The molecular formula is C29H21N3O3. The fraction of sp³-hybridized carbons (Fsp3) is 0.0690. The predicted octanol–water partition coefficient (Wildman–Crippen LogP) is 6.39. The van der Waals surface area contributed by atoms with Crippen LogP contribution < -0.4 is 4.74 Å². The average Bonchev–Trinajstić information content (AvgIpc) is 3.30. The van der Waals surface area contributed by atoms with Crippen LogP contribution in [0.1, 0.15) is 10.5 Å². The fourth-order valence-corrected chi connectivity index (χ4v) is 4.60. The van der Waals surface area contributed by atoms with Gasteiger partial charge in [0.1, 0.15) is 22.7 Å². The van der Waals surface area contributed by atoms with Crippen LogP contribution in [0, 0.1) is 0 Å². The number of ether oxygens (including phenoxy) is 2. The van der Waals surface area contributed by atoms with Crippen molar-refractivity contribution in [3.8, 4) is 28.3 Å². The smallest absolute Gasteiger partial charge is 0.356 e. The second kappa shape index (κ2) is 8.25. The zero-order valence-electron chi connectivity index (χ0n) is 19.2. The van der Waals surface area contributed by atoms with Gasteiger partial charge in [0.05, 0.1) is 25.4 Å². The number of benzene rings is 3. The van der Waals surface area contributed by atoms with Gasteiger partial charge >= 0.3 is 5.97 Å². The topological polar surface area (TPSA) is 77.1 Å². The summed E-state index contributed by atoms with van der Waals surface area (Å²) in [6.07, 6.45) is 0. The summed E-state index contributed by atoms with van der Waals surface area (Å²) in [5.74, 6) is 0.165. The first-order valence-electron chi connectivity index (χ1n) is 11.2. The average molecular weight is 460 g/mol. The highest BCUT2D eigenvalue weighted by Gasteiger charge is 2.20. The number of pyridine rings is 2. The van der Waals surface area contributed by atoms with Crippen LogP contribution in [0.5, 0.6) is 5.75 Å². The van der Waals surface area contributed by atoms with Crippen molar-refractivity contribution >= 4 is 38.7 Å². The molecule has 6 rings (SSSR count). The molecule has 0 aliphatic carbocycles. The van der Waals surface area contributed by atoms with Crippen molar-refractivity contribution in [2.75, 3.05) is 14.2 Å². The third-order valence-corrected chi connectivity index (χ3v) is 6.24. The van der Waals surface area contributed by atoms with Crippen LogP contribution >= 0.6 is 0 Å². The van der Waals surface area contributed by atoms with E-state index in [-0.39, 0.29) is 5.69 Å². The number of fused-ring (bicyclic) bond motifs is 4. The van der Waals surface area contributed by atoms with Gasteiger partial charge in [-0.2, -0.15) is 0 Å². The Morgan fingerprint density at radius 3 is 2.37 bits per heavy atom. The molecular weight excluding hydrogens is 438 g/mol. The quantitative estimate of drug-likeness (QED) is 0.309. The Bertz CT molecular complexity index is 1740. The molecule has 3 aromatic heterocycles. The van der Waals surface area contributed by atoms with Crippen LogP contribution in [0.3, 0.4) is 0 Å². The summed E-state index contributed by atoms with van der Waals surface area (Å²) in [5.41, 5.74) is 5.95. The number of aromatic nitrogens is 3. The largest absolute Gasteiger partial charge is 0.494 e. The van der Waals surface area contributed by atoms with Crippen LogP contribution in [0.2, 0.25) is 0 Å². The number of aromatic amines is 1. The van der Waals surface area contributed by atoms with Crippen molar-refractivity contribution in [2.24, 2.45) is 0 Å². The Morgan fingerprint density at radius 2 is 1.57 bits per heavy atom. The van der Waals surface area contributed by atoms with E-state index < -0.39 is 5.97 Å². The fourth-order valence-electron chi connectivity index (χ4n) is 4.60. The molecule has 3 heterocycles. The van der Waals surface area contributed by atoms with Gasteiger partial charge in [-0.15, -0.1) is 0 Å². The van der Waals surface area contributed by atoms with Crippen molar-refractivity contribution in [3.63, 3.8) is 0 Å². The maximum atomic E-state index is 12.6. The summed E-state index contributed by atoms with van der Waals surface area (Å²) in [6.45, 7) is 0. The standard InChI is InChI=1S/C29H21N3O3/c1-34-25-14-8-12-19-20(17-9-4-3-5-10-17)15-23(31-26(19)25)28-27-21(16-24(32-28)29(33)35-2)18-11-6-7-13-22(18)30-27/h3-16,30H,1-2H3. The Morgan fingerprint density at radius 1 is 0.800 bits per heavy atom. The number of rotatable bonds is 4. The first-order valence-corrected chi connectivity index (χ1v) is 11.2. The van der Waals surface area contributed by atoms with Crippen LogP contribution in [0.15, 0.2) is 84.9 Å². The number of nitrogens with zero attached hydrogens (tertiary/aromatic N) is 2. The molecule has 3 aromatic carbocycles. The molecule has 0 amide bonds. The molecule has 0 spiro atoms. The summed E-state index contributed by atoms with van der Waals surface area (Å²) >= 11 is 0. The van der Waals surface area contributed by atoms with E-state index in [9.17, 15) is 4.79 Å². The van der Waals surface area contributed by atoms with E-state index >= 15 is 0 Å². The van der Waals surface area contributed by atoms with Crippen LogP contribution in [-0.4, -0.2) is 35.1 Å². The minimum Gasteiger partial charge on any atom is -0.494 e. The van der Waals surface area contributed by atoms with Crippen molar-refractivity contribution in [3.05, 3.63) is 90.6 Å². The molecule has 0 saturated heterocycles. The Hall–Kier alpha value is -4.71. The highest BCUT2D eigenvalue weighted by Crippen LogP contribution is 2.38. The number of methoxy groups -OCH3 is 2. The number of esters is 1. The van der Waals surface area contributed by atoms with Gasteiger partial charge in [-0.3, -0.25) is 0 Å². The molecule has 6 aromatic rings. The van der Waals surface area contributed by atoms with E-state index in [2.05, 4.69) is 17.1 Å². The van der Waals surface area contributed by atoms with Gasteiger partial charge in [-0.05, 0) is 35.4 Å². The van der Waals surface area contributed by atoms with Gasteiger partial charge < -0.3 is 14.5 Å². The predicted molar refractivity (Wildman–Crippen MR) is 138 cm³/mol. The second-order valence-corrected chi connectivity index (χ2v) is 8.22. The first-order chi connectivity index (χ1) is 17.2. The lowest BCUT2D eigenvalue weighted by Crippen LogP contribution is -2.06. The molecule has 0 unspecified atom stereocenters. The number of para-hydroxylation sites is 2. The summed E-state index contributed by atoms with van der Waals surface area (Å²) in [7, 11) is 2.99. The van der Waals surface area contributed by atoms with E-state index in [1.807, 2.05) is 66.7 Å². The molecule has 0 aliphatic heterocycles. The number of H-pyrrole nitrogens is 1. The number of carbonyl (C=O) groups is 1. The van der Waals surface area contributed by atoms with Gasteiger partial charge in [0, 0.05) is 21.7 Å². The van der Waals surface area contributed by atoms with E-state index in [0.29, 0.717) is 17.1 Å². The van der Waals surface area contributed by atoms with E-state index in [1.54, 1.807) is 13.2 Å². The number of carbonyl (C=O) groups excluding carboxylic acids is 1. The van der Waals surface area contributed by atoms with Gasteiger partial charge in [-0.1, -0.05) is 60.7 Å². The minimum atomic E-state index is -0.500. The van der Waals surface area contributed by atoms with Gasteiger partial charge in [0.2, 0.25) is 0 Å². The van der Waals surface area contributed by atoms with E-state index in [4.69, 9.17) is 19.4 Å². The molecule has 0 saturated carbocycles. The van der Waals surface area contributed by atoms with Crippen molar-refractivity contribution in [2.45, 2.75) is 0 Å². The van der Waals surface area contributed by atoms with Gasteiger partial charge in [0.15, 0.2) is 0 Å². The minimum absolute atomic E-state index is 0.225. The van der Waals surface area contributed by atoms with Gasteiger partial charge in [-0.25, -0.2) is 14.8 Å². The van der Waals surface area contributed by atoms with E-state index in [0.717, 1.165) is 43.8 Å². The molecule has 0 aliphatic rings. The third kappa shape index (κ3) is 3.38. The lowest BCUT2D eigenvalue weighted by molar-refractivity contribution is 0.0594. The highest BCUT2D eigenvalue weighted by molar-refractivity contribution is 6.13. The van der Waals surface area contributed by atoms with Crippen LogP contribution in [0.4, 0.5) is 0 Å². The van der Waals surface area contributed by atoms with Crippen molar-refractivity contribution < 1.29 is 14.3 Å². The van der Waals surface area contributed by atoms with Crippen molar-refractivity contribution in [1.82, 2.24) is 15.0 Å². The molecule has 0 radical (unpaired) electrons. The lowest BCUT2D eigenvalue weighted by Gasteiger charge is -2.13. The summed E-state index contributed by atoms with van der Waals surface area (Å²) in [5, 5.41) is 2.85. The zero-order chi connectivity index (χ0) is 23.9. The number of hydrogen-bond acceptors (Lipinski definition) is 5. The SMILES string of the molecule is COC(=O)c1cc2c([nH]c3ccccc32)c(-c2cc(-c3ccccc3)c3cccc(OC)c3n2)n1. The lowest BCUT2D eigenvalue weighted by atomic mass is 9.98. The Labute approximate surface area is 201 Å². The van der Waals surface area contributed by atoms with Crippen molar-refractivity contribution in [1.29, 1.82) is 0 Å². The summed E-state index contributed by atoms with van der Waals surface area (Å²) < 4.78 is 10.7. The Kier molecular flexibility index (Phi) is 4.92. The molecule has 170 valence electrons. The maximum Gasteiger partial charge on any atom is 0.356 e. The van der Waals surface area contributed by atoms with Gasteiger partial charge in [0.25, 0.3) is 0 Å². The third-order valence-electron chi connectivity index (χ3n) is 6.24. The van der Waals surface area contributed by atoms with Crippen LogP contribution in [0.25, 0.3) is 55.2 Å². The molecule has 0 fully saturated rings. The normalized spacial score (nSPS) is 11.3. The monoisotopic (exact) mass is 459 g/mol. The Balaban J connectivity index is 1.74. The summed E-state index contributed by atoms with van der Waals surface area (Å²) in [6, 6.07) is 27.8. The number of nitrogens with one attached hydrogen (secondary N) is 1. The highest BCUT2D eigenvalue weighted by atomic mass is 16.5. The molecule has 0 bridgehead atoms. The zero-order valence-corrected chi connectivity index (χ0v) is 19.2. The second-order valence-electron chi connectivity index (χ2n) is 8.22. The molecule has 6 nitrogen and oxygen atoms in total. The molecule has 0 atom stereocenters. The van der Waals surface area contributed by atoms with E-state index in [1.165, 1.54) is 7.11 Å².